The quantitative estimate of drug-likeness (QED) is 0.847. The average Bonchev–Trinajstić information content (AvgIpc) is 2.42. The molecule has 1 atom stereocenters. The fraction of sp³-hybridized carbons (Fsp3) is 0.333. The Morgan fingerprint density at radius 1 is 1.00 bits per heavy atom. The van der Waals surface area contributed by atoms with Crippen molar-refractivity contribution >= 4 is 0 Å². The highest BCUT2D eigenvalue weighted by atomic mass is 19.1. The van der Waals surface area contributed by atoms with Crippen molar-refractivity contribution in [1.82, 2.24) is 0 Å². The first-order valence-corrected chi connectivity index (χ1v) is 7.15. The van der Waals surface area contributed by atoms with Crippen LogP contribution in [0.5, 0.6) is 11.5 Å². The molecule has 2 nitrogen and oxygen atoms in total. The number of ether oxygens (including phenoxy) is 1. The van der Waals surface area contributed by atoms with Gasteiger partial charge in [-0.2, -0.15) is 0 Å². The summed E-state index contributed by atoms with van der Waals surface area (Å²) in [5, 5.41) is 9.83. The van der Waals surface area contributed by atoms with Gasteiger partial charge in [0.2, 0.25) is 0 Å². The highest BCUT2D eigenvalue weighted by Crippen LogP contribution is 2.35. The Labute approximate surface area is 125 Å². The van der Waals surface area contributed by atoms with Crippen LogP contribution in [0.4, 0.5) is 4.39 Å². The van der Waals surface area contributed by atoms with Crippen LogP contribution >= 0.6 is 0 Å². The summed E-state index contributed by atoms with van der Waals surface area (Å²) in [6.07, 6.45) is -0.790. The number of benzene rings is 2. The van der Waals surface area contributed by atoms with Crippen LogP contribution in [-0.4, -0.2) is 5.11 Å². The molecule has 2 rings (SSSR count). The van der Waals surface area contributed by atoms with Crippen molar-refractivity contribution in [3.05, 3.63) is 58.9 Å². The van der Waals surface area contributed by atoms with Crippen molar-refractivity contribution in [3.63, 3.8) is 0 Å². The number of aryl methyl sites for hydroxylation is 1. The molecule has 1 unspecified atom stereocenters. The summed E-state index contributed by atoms with van der Waals surface area (Å²) >= 11 is 0. The molecule has 3 heteroatoms. The fourth-order valence-corrected chi connectivity index (χ4v) is 2.25. The van der Waals surface area contributed by atoms with Gasteiger partial charge in [-0.15, -0.1) is 0 Å². The topological polar surface area (TPSA) is 29.5 Å². The van der Waals surface area contributed by atoms with Crippen molar-refractivity contribution in [2.75, 3.05) is 0 Å². The normalized spacial score (nSPS) is 12.5. The molecular formula is C18H21FO2. The standard InChI is InChI=1S/C18H21FO2/c1-11(2)14-7-5-6-8-17(14)21-18-9-12(3)16(19)10-15(18)13(4)20/h5-11,13,20H,1-4H3. The van der Waals surface area contributed by atoms with E-state index in [2.05, 4.69) is 13.8 Å². The number of aliphatic hydroxyl groups is 1. The maximum atomic E-state index is 13.7. The van der Waals surface area contributed by atoms with Crippen LogP contribution in [0.15, 0.2) is 36.4 Å². The number of para-hydroxylation sites is 1. The molecule has 21 heavy (non-hydrogen) atoms. The first kappa shape index (κ1) is 15.5. The molecule has 0 fully saturated rings. The van der Waals surface area contributed by atoms with Gasteiger partial charge in [-0.25, -0.2) is 4.39 Å². The number of halogens is 1. The first-order valence-electron chi connectivity index (χ1n) is 7.15. The van der Waals surface area contributed by atoms with Crippen LogP contribution in [0.2, 0.25) is 0 Å². The van der Waals surface area contributed by atoms with Crippen LogP contribution in [0, 0.1) is 12.7 Å². The molecule has 0 heterocycles. The van der Waals surface area contributed by atoms with Crippen molar-refractivity contribution in [3.8, 4) is 11.5 Å². The van der Waals surface area contributed by atoms with Crippen LogP contribution in [0.3, 0.4) is 0 Å². The number of aliphatic hydroxyl groups excluding tert-OH is 1. The van der Waals surface area contributed by atoms with Crippen LogP contribution in [0.25, 0.3) is 0 Å². The van der Waals surface area contributed by atoms with E-state index in [-0.39, 0.29) is 5.82 Å². The van der Waals surface area contributed by atoms with E-state index in [4.69, 9.17) is 4.74 Å². The second-order valence-corrected chi connectivity index (χ2v) is 5.61. The number of rotatable bonds is 4. The minimum absolute atomic E-state index is 0.317. The Morgan fingerprint density at radius 2 is 1.67 bits per heavy atom. The summed E-state index contributed by atoms with van der Waals surface area (Å²) in [6.45, 7) is 7.47. The molecule has 0 bridgehead atoms. The predicted molar refractivity (Wildman–Crippen MR) is 82.4 cm³/mol. The minimum Gasteiger partial charge on any atom is -0.457 e. The van der Waals surface area contributed by atoms with Gasteiger partial charge in [0.25, 0.3) is 0 Å². The fourth-order valence-electron chi connectivity index (χ4n) is 2.25. The van der Waals surface area contributed by atoms with Crippen molar-refractivity contribution in [1.29, 1.82) is 0 Å². The van der Waals surface area contributed by atoms with E-state index in [1.807, 2.05) is 24.3 Å². The Balaban J connectivity index is 2.47. The molecule has 0 saturated carbocycles. The van der Waals surface area contributed by atoms with Crippen molar-refractivity contribution in [2.45, 2.75) is 39.7 Å². The van der Waals surface area contributed by atoms with Gasteiger partial charge in [0, 0.05) is 5.56 Å². The zero-order valence-electron chi connectivity index (χ0n) is 12.9. The molecular weight excluding hydrogens is 267 g/mol. The summed E-state index contributed by atoms with van der Waals surface area (Å²) in [4.78, 5) is 0. The first-order chi connectivity index (χ1) is 9.90. The smallest absolute Gasteiger partial charge is 0.133 e. The molecule has 0 aliphatic rings. The highest BCUT2D eigenvalue weighted by Gasteiger charge is 2.15. The molecule has 2 aromatic rings. The lowest BCUT2D eigenvalue weighted by molar-refractivity contribution is 0.195. The second kappa shape index (κ2) is 6.27. The molecule has 0 amide bonds. The van der Waals surface area contributed by atoms with Gasteiger partial charge in [-0.3, -0.25) is 0 Å². The van der Waals surface area contributed by atoms with Crippen LogP contribution in [0.1, 0.15) is 49.5 Å². The maximum absolute atomic E-state index is 13.7. The van der Waals surface area contributed by atoms with Crippen molar-refractivity contribution < 1.29 is 14.2 Å². The van der Waals surface area contributed by atoms with E-state index >= 15 is 0 Å². The summed E-state index contributed by atoms with van der Waals surface area (Å²) < 4.78 is 19.7. The third-order valence-corrected chi connectivity index (χ3v) is 3.50. The number of hydrogen-bond acceptors (Lipinski definition) is 2. The second-order valence-electron chi connectivity index (χ2n) is 5.61. The van der Waals surface area contributed by atoms with Gasteiger partial charge >= 0.3 is 0 Å². The lowest BCUT2D eigenvalue weighted by Crippen LogP contribution is -2.01. The van der Waals surface area contributed by atoms with E-state index in [1.165, 1.54) is 6.07 Å². The maximum Gasteiger partial charge on any atom is 0.133 e. The molecule has 0 radical (unpaired) electrons. The molecule has 2 aromatic carbocycles. The molecule has 112 valence electrons. The van der Waals surface area contributed by atoms with E-state index in [1.54, 1.807) is 19.9 Å². The molecule has 0 aliphatic carbocycles. The monoisotopic (exact) mass is 288 g/mol. The average molecular weight is 288 g/mol. The van der Waals surface area contributed by atoms with E-state index < -0.39 is 6.10 Å². The van der Waals surface area contributed by atoms with Gasteiger partial charge in [-0.1, -0.05) is 32.0 Å². The highest BCUT2D eigenvalue weighted by molar-refractivity contribution is 5.45. The van der Waals surface area contributed by atoms with Gasteiger partial charge in [0.15, 0.2) is 0 Å². The van der Waals surface area contributed by atoms with E-state index in [9.17, 15) is 9.50 Å². The van der Waals surface area contributed by atoms with Crippen molar-refractivity contribution in [2.24, 2.45) is 0 Å². The van der Waals surface area contributed by atoms with Gasteiger partial charge < -0.3 is 9.84 Å². The van der Waals surface area contributed by atoms with Crippen LogP contribution in [-0.2, 0) is 0 Å². The largest absolute Gasteiger partial charge is 0.457 e. The minimum atomic E-state index is -0.790. The third-order valence-electron chi connectivity index (χ3n) is 3.50. The number of hydrogen-bond donors (Lipinski definition) is 1. The Morgan fingerprint density at radius 3 is 2.29 bits per heavy atom. The Bertz CT molecular complexity index is 633. The predicted octanol–water partition coefficient (Wildman–Crippen LogP) is 5.10. The molecule has 1 N–H and O–H groups in total. The summed E-state index contributed by atoms with van der Waals surface area (Å²) in [5.41, 5.74) is 2.03. The lowest BCUT2D eigenvalue weighted by atomic mass is 10.0. The summed E-state index contributed by atoms with van der Waals surface area (Å²) in [6, 6.07) is 10.7. The Hall–Kier alpha value is -1.87. The van der Waals surface area contributed by atoms with Gasteiger partial charge in [0.05, 0.1) is 6.10 Å². The van der Waals surface area contributed by atoms with Gasteiger partial charge in [0.1, 0.15) is 17.3 Å². The SMILES string of the molecule is Cc1cc(Oc2ccccc2C(C)C)c(C(C)O)cc1F. The lowest BCUT2D eigenvalue weighted by Gasteiger charge is -2.18. The third kappa shape index (κ3) is 3.42. The summed E-state index contributed by atoms with van der Waals surface area (Å²) in [5.74, 6) is 1.21. The molecule has 0 aromatic heterocycles. The molecule has 0 saturated heterocycles. The molecule has 0 spiro atoms. The molecule has 0 aliphatic heterocycles. The van der Waals surface area contributed by atoms with Crippen LogP contribution < -0.4 is 4.74 Å². The summed E-state index contributed by atoms with van der Waals surface area (Å²) in [7, 11) is 0. The van der Waals surface area contributed by atoms with E-state index in [0.717, 1.165) is 11.3 Å². The van der Waals surface area contributed by atoms with Gasteiger partial charge in [-0.05, 0) is 49.1 Å². The zero-order chi connectivity index (χ0) is 15.6. The Kier molecular flexibility index (Phi) is 4.63. The zero-order valence-corrected chi connectivity index (χ0v) is 12.9. The van der Waals surface area contributed by atoms with E-state index in [0.29, 0.717) is 22.8 Å².